The Hall–Kier alpha value is -2.39. The molecule has 2 aromatic rings. The Balaban J connectivity index is 2.00. The van der Waals surface area contributed by atoms with Crippen LogP contribution in [0.25, 0.3) is 11.0 Å². The number of sulfone groups is 1. The summed E-state index contributed by atoms with van der Waals surface area (Å²) in [5.41, 5.74) is 0.0799. The van der Waals surface area contributed by atoms with E-state index in [1.165, 1.54) is 13.2 Å². The summed E-state index contributed by atoms with van der Waals surface area (Å²) in [5, 5.41) is 14.1. The third-order valence-electron chi connectivity index (χ3n) is 5.28. The number of aryl methyl sites for hydroxylation is 1. The quantitative estimate of drug-likeness (QED) is 0.558. The van der Waals surface area contributed by atoms with Gasteiger partial charge in [0.05, 0.1) is 36.2 Å². The number of aromatic hydroxyl groups is 1. The van der Waals surface area contributed by atoms with Crippen molar-refractivity contribution in [1.82, 2.24) is 5.32 Å². The van der Waals surface area contributed by atoms with Crippen molar-refractivity contribution in [2.45, 2.75) is 38.8 Å². The van der Waals surface area contributed by atoms with Crippen molar-refractivity contribution in [1.29, 1.82) is 0 Å². The summed E-state index contributed by atoms with van der Waals surface area (Å²) >= 11 is 0. The first kappa shape index (κ1) is 20.3. The topological polar surface area (TPSA) is 123 Å². The molecule has 0 spiro atoms. The zero-order valence-corrected chi connectivity index (χ0v) is 16.8. The molecule has 1 saturated heterocycles. The summed E-state index contributed by atoms with van der Waals surface area (Å²) in [6.07, 6.45) is 0.262. The number of phenols is 1. The summed E-state index contributed by atoms with van der Waals surface area (Å²) in [4.78, 5) is 24.0. The zero-order chi connectivity index (χ0) is 20.7. The third-order valence-corrected chi connectivity index (χ3v) is 7.18. The molecule has 0 saturated carbocycles. The van der Waals surface area contributed by atoms with Crippen LogP contribution < -0.4 is 10.9 Å². The molecule has 0 bridgehead atoms. The van der Waals surface area contributed by atoms with E-state index in [9.17, 15) is 23.1 Å². The first-order chi connectivity index (χ1) is 13.1. The van der Waals surface area contributed by atoms with Crippen LogP contribution in [0, 0.1) is 6.92 Å². The van der Waals surface area contributed by atoms with E-state index in [4.69, 9.17) is 4.42 Å². The van der Waals surface area contributed by atoms with Gasteiger partial charge in [0.15, 0.2) is 9.84 Å². The van der Waals surface area contributed by atoms with Gasteiger partial charge in [0.2, 0.25) is 0 Å². The minimum absolute atomic E-state index is 0.0117. The molecule has 8 nitrogen and oxygen atoms in total. The highest BCUT2D eigenvalue weighted by Gasteiger charge is 2.38. The molecule has 1 aliphatic rings. The summed E-state index contributed by atoms with van der Waals surface area (Å²) in [7, 11) is -1.84. The van der Waals surface area contributed by atoms with E-state index in [2.05, 4.69) is 10.1 Å². The number of hydrogen-bond acceptors (Lipinski definition) is 8. The number of fused-ring (bicyclic) bond motifs is 1. The van der Waals surface area contributed by atoms with Crippen molar-refractivity contribution in [3.63, 3.8) is 0 Å². The molecule has 9 heteroatoms. The molecule has 152 valence electrons. The maximum atomic E-state index is 12.4. The molecule has 3 rings (SSSR count). The molecule has 1 aromatic carbocycles. The highest BCUT2D eigenvalue weighted by molar-refractivity contribution is 7.91. The molecule has 2 heterocycles. The fourth-order valence-electron chi connectivity index (χ4n) is 3.54. The maximum absolute atomic E-state index is 12.4. The summed E-state index contributed by atoms with van der Waals surface area (Å²) in [6.45, 7) is 3.65. The maximum Gasteiger partial charge on any atom is 0.340 e. The summed E-state index contributed by atoms with van der Waals surface area (Å²) in [6, 6.07) is 3.11. The lowest BCUT2D eigenvalue weighted by Gasteiger charge is -2.24. The Labute approximate surface area is 162 Å². The number of esters is 1. The number of phenolic OH excluding ortho intramolecular Hbond substituents is 1. The van der Waals surface area contributed by atoms with Crippen LogP contribution in [0.4, 0.5) is 0 Å². The third kappa shape index (κ3) is 3.90. The first-order valence-corrected chi connectivity index (χ1v) is 10.7. The normalized spacial score (nSPS) is 21.1. The highest BCUT2D eigenvalue weighted by atomic mass is 32.2. The molecule has 1 atom stereocenters. The number of methoxy groups -OCH3 is 1. The van der Waals surface area contributed by atoms with Crippen molar-refractivity contribution in [2.24, 2.45) is 0 Å². The van der Waals surface area contributed by atoms with E-state index >= 15 is 0 Å². The van der Waals surface area contributed by atoms with Crippen LogP contribution in [-0.4, -0.2) is 43.6 Å². The van der Waals surface area contributed by atoms with Gasteiger partial charge < -0.3 is 19.6 Å². The van der Waals surface area contributed by atoms with Gasteiger partial charge in [-0.2, -0.15) is 0 Å². The van der Waals surface area contributed by atoms with Crippen LogP contribution in [-0.2, 0) is 32.3 Å². The van der Waals surface area contributed by atoms with E-state index in [1.807, 2.05) is 6.92 Å². The van der Waals surface area contributed by atoms with Crippen LogP contribution >= 0.6 is 0 Å². The number of carbonyl (C=O) groups is 1. The second-order valence-corrected chi connectivity index (χ2v) is 9.63. The van der Waals surface area contributed by atoms with E-state index in [1.54, 1.807) is 13.0 Å². The zero-order valence-electron chi connectivity index (χ0n) is 16.0. The minimum atomic E-state index is -3.09. The monoisotopic (exact) mass is 409 g/mol. The van der Waals surface area contributed by atoms with Gasteiger partial charge in [-0.15, -0.1) is 0 Å². The van der Waals surface area contributed by atoms with E-state index in [0.717, 1.165) is 0 Å². The predicted octanol–water partition coefficient (Wildman–Crippen LogP) is 1.19. The second kappa shape index (κ2) is 7.21. The van der Waals surface area contributed by atoms with Gasteiger partial charge in [0.1, 0.15) is 11.3 Å². The molecule has 0 amide bonds. The second-order valence-electron chi connectivity index (χ2n) is 7.44. The van der Waals surface area contributed by atoms with Gasteiger partial charge in [-0.1, -0.05) is 0 Å². The number of hydrogen-bond donors (Lipinski definition) is 2. The van der Waals surface area contributed by atoms with Crippen LogP contribution in [0.15, 0.2) is 21.3 Å². The fraction of sp³-hybridized carbons (Fsp3) is 0.474. The van der Waals surface area contributed by atoms with E-state index in [0.29, 0.717) is 22.9 Å². The van der Waals surface area contributed by atoms with Crippen molar-refractivity contribution >= 4 is 26.8 Å². The number of rotatable bonds is 5. The molecule has 1 aliphatic heterocycles. The van der Waals surface area contributed by atoms with E-state index < -0.39 is 27.0 Å². The van der Waals surface area contributed by atoms with Gasteiger partial charge in [0, 0.05) is 17.5 Å². The van der Waals surface area contributed by atoms with Crippen molar-refractivity contribution in [2.75, 3.05) is 18.6 Å². The van der Waals surface area contributed by atoms with Gasteiger partial charge in [-0.25, -0.2) is 13.2 Å². The van der Waals surface area contributed by atoms with Crippen LogP contribution in [0.2, 0.25) is 0 Å². The number of benzene rings is 1. The summed E-state index contributed by atoms with van der Waals surface area (Å²) in [5.74, 6) is -0.487. The lowest BCUT2D eigenvalue weighted by atomic mass is 9.99. The van der Waals surface area contributed by atoms with E-state index in [-0.39, 0.29) is 41.4 Å². The van der Waals surface area contributed by atoms with Gasteiger partial charge in [0.25, 0.3) is 0 Å². The minimum Gasteiger partial charge on any atom is -0.507 e. The lowest BCUT2D eigenvalue weighted by molar-refractivity contribution is -0.139. The van der Waals surface area contributed by atoms with Crippen molar-refractivity contribution < 1.29 is 27.5 Å². The molecule has 0 aliphatic carbocycles. The standard InChI is InChI=1S/C19H23NO7S/c1-11-12-4-5-15(21)14(9-20-19(2)6-7-28(24,25)10-19)17(12)27-18(23)13(11)8-16(22)26-3/h4-5,20-21H,6-10H2,1-3H3/t19-/m1/s1. The Kier molecular flexibility index (Phi) is 5.24. The first-order valence-electron chi connectivity index (χ1n) is 8.85. The fourth-order valence-corrected chi connectivity index (χ4v) is 5.67. The number of carbonyl (C=O) groups excluding carboxylic acids is 1. The number of ether oxygens (including phenoxy) is 1. The number of nitrogens with one attached hydrogen (secondary N) is 1. The molecule has 2 N–H and O–H groups in total. The molecule has 28 heavy (non-hydrogen) atoms. The van der Waals surface area contributed by atoms with Crippen molar-refractivity contribution in [3.05, 3.63) is 39.2 Å². The average molecular weight is 409 g/mol. The largest absolute Gasteiger partial charge is 0.507 e. The summed E-state index contributed by atoms with van der Waals surface area (Å²) < 4.78 is 33.6. The highest BCUT2D eigenvalue weighted by Crippen LogP contribution is 2.31. The Morgan fingerprint density at radius 2 is 2.07 bits per heavy atom. The molecule has 1 aromatic heterocycles. The Morgan fingerprint density at radius 1 is 1.36 bits per heavy atom. The Bertz CT molecular complexity index is 1100. The van der Waals surface area contributed by atoms with Crippen molar-refractivity contribution in [3.8, 4) is 5.75 Å². The van der Waals surface area contributed by atoms with Crippen LogP contribution in [0.3, 0.4) is 0 Å². The molecule has 0 unspecified atom stereocenters. The smallest absolute Gasteiger partial charge is 0.340 e. The van der Waals surface area contributed by atoms with Crippen LogP contribution in [0.5, 0.6) is 5.75 Å². The van der Waals surface area contributed by atoms with Gasteiger partial charge in [-0.05, 0) is 38.0 Å². The lowest BCUT2D eigenvalue weighted by Crippen LogP contribution is -2.42. The molecule has 1 fully saturated rings. The van der Waals surface area contributed by atoms with Gasteiger partial charge >= 0.3 is 11.6 Å². The Morgan fingerprint density at radius 3 is 2.68 bits per heavy atom. The molecular formula is C19H23NO7S. The molecule has 0 radical (unpaired) electrons. The van der Waals surface area contributed by atoms with Crippen LogP contribution in [0.1, 0.15) is 30.0 Å². The molecular weight excluding hydrogens is 386 g/mol. The van der Waals surface area contributed by atoms with Gasteiger partial charge in [-0.3, -0.25) is 4.79 Å². The SMILES string of the molecule is COC(=O)Cc1c(C)c2ccc(O)c(CN[C@]3(C)CCS(=O)(=O)C3)c2oc1=O. The average Bonchev–Trinajstić information content (AvgIpc) is 2.91. The predicted molar refractivity (Wildman–Crippen MR) is 103 cm³/mol.